The lowest BCUT2D eigenvalue weighted by atomic mass is 9.84. The van der Waals surface area contributed by atoms with Gasteiger partial charge in [-0.15, -0.1) is 11.8 Å². The molecule has 96 valence electrons. The van der Waals surface area contributed by atoms with Crippen LogP contribution in [-0.4, -0.2) is 39.1 Å². The van der Waals surface area contributed by atoms with Crippen molar-refractivity contribution in [3.8, 4) is 0 Å². The van der Waals surface area contributed by atoms with Gasteiger partial charge in [-0.05, 0) is 18.8 Å². The van der Waals surface area contributed by atoms with Crippen molar-refractivity contribution < 1.29 is 14.7 Å². The van der Waals surface area contributed by atoms with E-state index in [-0.39, 0.29) is 17.2 Å². The third-order valence-corrected chi connectivity index (χ3v) is 5.22. The molecule has 2 unspecified atom stereocenters. The number of aliphatic carboxylic acids is 1. The van der Waals surface area contributed by atoms with Gasteiger partial charge in [0.2, 0.25) is 5.91 Å². The van der Waals surface area contributed by atoms with E-state index in [0.717, 1.165) is 19.3 Å². The maximum Gasteiger partial charge on any atom is 0.327 e. The van der Waals surface area contributed by atoms with Crippen molar-refractivity contribution in [3.63, 3.8) is 0 Å². The molecule has 1 amide bonds. The van der Waals surface area contributed by atoms with Crippen molar-refractivity contribution in [2.24, 2.45) is 11.8 Å². The summed E-state index contributed by atoms with van der Waals surface area (Å²) in [6, 6.07) is -0.625. The van der Waals surface area contributed by atoms with E-state index < -0.39 is 12.0 Å². The molecule has 2 rings (SSSR count). The summed E-state index contributed by atoms with van der Waals surface area (Å²) in [5, 5.41) is 9.23. The summed E-state index contributed by atoms with van der Waals surface area (Å²) in [6.07, 6.45) is 2.95. The molecule has 0 aromatic heterocycles. The molecule has 2 atom stereocenters. The molecule has 1 saturated carbocycles. The van der Waals surface area contributed by atoms with Crippen LogP contribution < -0.4 is 0 Å². The molecule has 0 aromatic carbocycles. The van der Waals surface area contributed by atoms with Crippen LogP contribution in [0.25, 0.3) is 0 Å². The molecule has 0 radical (unpaired) electrons. The zero-order valence-electron chi connectivity index (χ0n) is 10.3. The minimum Gasteiger partial charge on any atom is -0.480 e. The number of hydrogen-bond donors (Lipinski definition) is 1. The Labute approximate surface area is 106 Å². The van der Waals surface area contributed by atoms with E-state index in [9.17, 15) is 14.7 Å². The summed E-state index contributed by atoms with van der Waals surface area (Å²) >= 11 is 1.60. The molecule has 0 spiro atoms. The van der Waals surface area contributed by atoms with Gasteiger partial charge in [-0.1, -0.05) is 20.3 Å². The van der Waals surface area contributed by atoms with E-state index >= 15 is 0 Å². The van der Waals surface area contributed by atoms with Crippen LogP contribution in [0.4, 0.5) is 0 Å². The highest BCUT2D eigenvalue weighted by Crippen LogP contribution is 2.38. The predicted octanol–water partition coefficient (Wildman–Crippen LogP) is 1.80. The Balaban J connectivity index is 2.16. The van der Waals surface area contributed by atoms with Gasteiger partial charge in [-0.2, -0.15) is 0 Å². The van der Waals surface area contributed by atoms with Crippen LogP contribution in [0.1, 0.15) is 33.1 Å². The zero-order valence-corrected chi connectivity index (χ0v) is 11.1. The Bertz CT molecular complexity index is 328. The number of nitrogens with zero attached hydrogens (tertiary/aromatic N) is 1. The minimum absolute atomic E-state index is 0.0317. The first-order valence-corrected chi connectivity index (χ1v) is 7.24. The molecule has 0 aromatic rings. The van der Waals surface area contributed by atoms with Crippen LogP contribution in [0.5, 0.6) is 0 Å². The summed E-state index contributed by atoms with van der Waals surface area (Å²) in [6.45, 7) is 4.09. The van der Waals surface area contributed by atoms with Crippen molar-refractivity contribution >= 4 is 23.6 Å². The maximum atomic E-state index is 12.3. The van der Waals surface area contributed by atoms with E-state index in [1.54, 1.807) is 16.7 Å². The average molecular weight is 257 g/mol. The monoisotopic (exact) mass is 257 g/mol. The van der Waals surface area contributed by atoms with Crippen LogP contribution in [-0.2, 0) is 9.59 Å². The Morgan fingerprint density at radius 1 is 1.35 bits per heavy atom. The Kier molecular flexibility index (Phi) is 3.66. The SMILES string of the molecule is CC(C)C1SCC(C(=O)O)N1C(=O)C1CCC1. The zero-order chi connectivity index (χ0) is 12.6. The predicted molar refractivity (Wildman–Crippen MR) is 66.7 cm³/mol. The molecule has 17 heavy (non-hydrogen) atoms. The fourth-order valence-corrected chi connectivity index (χ4v) is 3.86. The minimum atomic E-state index is -0.867. The first-order valence-electron chi connectivity index (χ1n) is 6.19. The normalized spacial score (nSPS) is 29.5. The molecule has 2 fully saturated rings. The van der Waals surface area contributed by atoms with Crippen LogP contribution >= 0.6 is 11.8 Å². The molecule has 5 heteroatoms. The highest BCUT2D eigenvalue weighted by Gasteiger charge is 2.45. The number of hydrogen-bond acceptors (Lipinski definition) is 3. The molecular formula is C12H19NO3S. The third kappa shape index (κ3) is 2.30. The Hall–Kier alpha value is -0.710. The summed E-state index contributed by atoms with van der Waals surface area (Å²) in [5.41, 5.74) is 0. The van der Waals surface area contributed by atoms with Crippen molar-refractivity contribution in [2.75, 3.05) is 5.75 Å². The molecule has 1 saturated heterocycles. The maximum absolute atomic E-state index is 12.3. The molecule has 4 nitrogen and oxygen atoms in total. The standard InChI is InChI=1S/C12H19NO3S/c1-7(2)11-13(9(6-17-11)12(15)16)10(14)8-4-3-5-8/h7-9,11H,3-6H2,1-2H3,(H,15,16). The number of carbonyl (C=O) groups excluding carboxylic acids is 1. The third-order valence-electron chi connectivity index (χ3n) is 3.60. The molecule has 1 N–H and O–H groups in total. The highest BCUT2D eigenvalue weighted by molar-refractivity contribution is 8.00. The summed E-state index contributed by atoms with van der Waals surface area (Å²) in [4.78, 5) is 25.2. The largest absolute Gasteiger partial charge is 0.480 e. The van der Waals surface area contributed by atoms with Gasteiger partial charge in [-0.25, -0.2) is 4.79 Å². The van der Waals surface area contributed by atoms with Crippen LogP contribution in [0.2, 0.25) is 0 Å². The second-order valence-corrected chi connectivity index (χ2v) is 6.34. The smallest absolute Gasteiger partial charge is 0.327 e. The molecule has 0 bridgehead atoms. The van der Waals surface area contributed by atoms with Gasteiger partial charge in [0.05, 0.1) is 5.37 Å². The van der Waals surface area contributed by atoms with E-state index in [4.69, 9.17) is 0 Å². The number of carboxylic acid groups (broad SMARTS) is 1. The first-order chi connectivity index (χ1) is 8.02. The number of thioether (sulfide) groups is 1. The van der Waals surface area contributed by atoms with Gasteiger partial charge >= 0.3 is 5.97 Å². The van der Waals surface area contributed by atoms with Gasteiger partial charge in [0.25, 0.3) is 0 Å². The van der Waals surface area contributed by atoms with E-state index in [1.165, 1.54) is 0 Å². The van der Waals surface area contributed by atoms with E-state index in [0.29, 0.717) is 11.7 Å². The lowest BCUT2D eigenvalue weighted by Crippen LogP contribution is -2.50. The second kappa shape index (κ2) is 4.88. The number of amides is 1. The van der Waals surface area contributed by atoms with Gasteiger partial charge < -0.3 is 10.0 Å². The van der Waals surface area contributed by atoms with Crippen molar-refractivity contribution in [2.45, 2.75) is 44.5 Å². The summed E-state index contributed by atoms with van der Waals surface area (Å²) < 4.78 is 0. The fourth-order valence-electron chi connectivity index (χ4n) is 2.38. The highest BCUT2D eigenvalue weighted by atomic mass is 32.2. The second-order valence-electron chi connectivity index (χ2n) is 5.20. The quantitative estimate of drug-likeness (QED) is 0.837. The molecular weight excluding hydrogens is 238 g/mol. The van der Waals surface area contributed by atoms with Gasteiger partial charge in [0.1, 0.15) is 6.04 Å². The average Bonchev–Trinajstić information content (AvgIpc) is 2.58. The van der Waals surface area contributed by atoms with Crippen molar-refractivity contribution in [1.29, 1.82) is 0 Å². The Morgan fingerprint density at radius 2 is 2.00 bits per heavy atom. The van der Waals surface area contributed by atoms with Crippen LogP contribution in [0.3, 0.4) is 0 Å². The lowest BCUT2D eigenvalue weighted by Gasteiger charge is -2.35. The van der Waals surface area contributed by atoms with Gasteiger partial charge in [0, 0.05) is 11.7 Å². The van der Waals surface area contributed by atoms with Crippen molar-refractivity contribution in [3.05, 3.63) is 0 Å². The lowest BCUT2D eigenvalue weighted by molar-refractivity contribution is -0.152. The molecule has 2 aliphatic rings. The molecule has 1 aliphatic carbocycles. The van der Waals surface area contributed by atoms with Crippen LogP contribution in [0.15, 0.2) is 0 Å². The molecule has 1 heterocycles. The molecule has 1 aliphatic heterocycles. The fraction of sp³-hybridized carbons (Fsp3) is 0.833. The number of carboxylic acids is 1. The number of rotatable bonds is 3. The van der Waals surface area contributed by atoms with E-state index in [1.807, 2.05) is 13.8 Å². The van der Waals surface area contributed by atoms with Gasteiger partial charge in [0.15, 0.2) is 0 Å². The van der Waals surface area contributed by atoms with E-state index in [2.05, 4.69) is 0 Å². The van der Waals surface area contributed by atoms with Crippen molar-refractivity contribution in [1.82, 2.24) is 4.90 Å². The van der Waals surface area contributed by atoms with Gasteiger partial charge in [-0.3, -0.25) is 4.79 Å². The first kappa shape index (κ1) is 12.7. The summed E-state index contributed by atoms with van der Waals surface area (Å²) in [7, 11) is 0. The Morgan fingerprint density at radius 3 is 2.41 bits per heavy atom. The number of carbonyl (C=O) groups is 2. The topological polar surface area (TPSA) is 57.6 Å². The summed E-state index contributed by atoms with van der Waals surface area (Å²) in [5.74, 6) is 0.0993. The van der Waals surface area contributed by atoms with Crippen LogP contribution in [0, 0.1) is 11.8 Å².